The van der Waals surface area contributed by atoms with Crippen molar-refractivity contribution < 1.29 is 24.2 Å². The number of hydrogen-bond acceptors (Lipinski definition) is 4. The Kier molecular flexibility index (Phi) is 4.93. The first-order valence-corrected chi connectivity index (χ1v) is 7.94. The fourth-order valence-electron chi connectivity index (χ4n) is 3.20. The highest BCUT2D eigenvalue weighted by atomic mass is 16.5. The van der Waals surface area contributed by atoms with Crippen LogP contribution in [0, 0.1) is 0 Å². The van der Waals surface area contributed by atoms with E-state index in [9.17, 15) is 9.59 Å². The molecule has 124 valence electrons. The number of benzene rings is 1. The van der Waals surface area contributed by atoms with Crippen LogP contribution >= 0.6 is 0 Å². The molecule has 0 spiro atoms. The predicted molar refractivity (Wildman–Crippen MR) is 82.0 cm³/mol. The van der Waals surface area contributed by atoms with Crippen LogP contribution in [-0.2, 0) is 25.5 Å². The molecule has 2 aliphatic heterocycles. The Hall–Kier alpha value is -1.92. The molecule has 23 heavy (non-hydrogen) atoms. The van der Waals surface area contributed by atoms with Crippen LogP contribution in [0.4, 0.5) is 0 Å². The van der Waals surface area contributed by atoms with Gasteiger partial charge >= 0.3 is 5.97 Å². The number of rotatable bonds is 4. The van der Waals surface area contributed by atoms with E-state index in [4.69, 9.17) is 14.6 Å². The summed E-state index contributed by atoms with van der Waals surface area (Å²) in [5, 5.41) is 8.86. The highest BCUT2D eigenvalue weighted by Gasteiger charge is 2.29. The number of carboxylic acids is 1. The first kappa shape index (κ1) is 16.0. The first-order chi connectivity index (χ1) is 11.1. The number of morpholine rings is 1. The average Bonchev–Trinajstić information content (AvgIpc) is 2.55. The molecule has 1 aromatic rings. The van der Waals surface area contributed by atoms with E-state index in [1.54, 1.807) is 4.90 Å². The molecule has 1 fully saturated rings. The van der Waals surface area contributed by atoms with Gasteiger partial charge in [-0.05, 0) is 17.5 Å². The summed E-state index contributed by atoms with van der Waals surface area (Å²) in [6.45, 7) is 1.84. The van der Waals surface area contributed by atoms with Crippen molar-refractivity contribution in [2.75, 3.05) is 26.3 Å². The predicted octanol–water partition coefficient (Wildman–Crippen LogP) is 1.39. The second kappa shape index (κ2) is 7.10. The van der Waals surface area contributed by atoms with Gasteiger partial charge in [-0.3, -0.25) is 9.59 Å². The van der Waals surface area contributed by atoms with Crippen LogP contribution in [0.5, 0.6) is 0 Å². The Morgan fingerprint density at radius 1 is 1.17 bits per heavy atom. The number of carbonyl (C=O) groups is 2. The number of fused-ring (bicyclic) bond motifs is 1. The molecule has 6 heteroatoms. The van der Waals surface area contributed by atoms with E-state index in [0.29, 0.717) is 26.3 Å². The van der Waals surface area contributed by atoms with Crippen LogP contribution in [0.1, 0.15) is 30.1 Å². The Morgan fingerprint density at radius 2 is 2.00 bits per heavy atom. The summed E-state index contributed by atoms with van der Waals surface area (Å²) in [6.07, 6.45) is 0.445. The quantitative estimate of drug-likeness (QED) is 0.907. The van der Waals surface area contributed by atoms with Crippen molar-refractivity contribution in [2.24, 2.45) is 0 Å². The molecule has 1 aromatic carbocycles. The van der Waals surface area contributed by atoms with Gasteiger partial charge in [-0.1, -0.05) is 24.3 Å². The Balaban J connectivity index is 1.62. The molecule has 0 radical (unpaired) electrons. The Labute approximate surface area is 135 Å². The van der Waals surface area contributed by atoms with Crippen molar-refractivity contribution in [3.8, 4) is 0 Å². The lowest BCUT2D eigenvalue weighted by molar-refractivity contribution is -0.149. The van der Waals surface area contributed by atoms with E-state index >= 15 is 0 Å². The molecule has 0 saturated carbocycles. The van der Waals surface area contributed by atoms with Gasteiger partial charge in [0.15, 0.2) is 0 Å². The van der Waals surface area contributed by atoms with E-state index in [-0.39, 0.29) is 24.9 Å². The highest BCUT2D eigenvalue weighted by Crippen LogP contribution is 2.30. The number of aliphatic carboxylic acids is 1. The molecule has 6 nitrogen and oxygen atoms in total. The van der Waals surface area contributed by atoms with Crippen LogP contribution in [0.25, 0.3) is 0 Å². The van der Waals surface area contributed by atoms with Crippen LogP contribution in [0.15, 0.2) is 24.3 Å². The fourth-order valence-corrected chi connectivity index (χ4v) is 3.20. The van der Waals surface area contributed by atoms with Gasteiger partial charge in [-0.2, -0.15) is 0 Å². The molecule has 0 bridgehead atoms. The van der Waals surface area contributed by atoms with Crippen LogP contribution in [0.2, 0.25) is 0 Å². The van der Waals surface area contributed by atoms with Crippen LogP contribution in [-0.4, -0.2) is 54.3 Å². The first-order valence-electron chi connectivity index (χ1n) is 7.94. The van der Waals surface area contributed by atoms with Gasteiger partial charge in [-0.15, -0.1) is 0 Å². The van der Waals surface area contributed by atoms with Crippen molar-refractivity contribution in [1.82, 2.24) is 4.90 Å². The summed E-state index contributed by atoms with van der Waals surface area (Å²) in [7, 11) is 0. The van der Waals surface area contributed by atoms with Gasteiger partial charge in [0.1, 0.15) is 0 Å². The zero-order valence-electron chi connectivity index (χ0n) is 12.9. The summed E-state index contributed by atoms with van der Waals surface area (Å²) in [4.78, 5) is 25.0. The fraction of sp³-hybridized carbons (Fsp3) is 0.529. The Morgan fingerprint density at radius 3 is 2.83 bits per heavy atom. The van der Waals surface area contributed by atoms with Gasteiger partial charge < -0.3 is 19.5 Å². The molecular weight excluding hydrogens is 298 g/mol. The molecule has 1 N–H and O–H groups in total. The van der Waals surface area contributed by atoms with Crippen molar-refractivity contribution in [2.45, 2.75) is 31.5 Å². The third-order valence-electron chi connectivity index (χ3n) is 4.35. The van der Waals surface area contributed by atoms with Crippen LogP contribution in [0.3, 0.4) is 0 Å². The maximum absolute atomic E-state index is 12.6. The molecule has 2 aliphatic rings. The molecular formula is C17H21NO5. The SMILES string of the molecule is O=C(O)C[C@@H]1CN(C(=O)C[C@@H]2OCCc3ccccc32)CCO1. The lowest BCUT2D eigenvalue weighted by Crippen LogP contribution is -2.46. The average molecular weight is 319 g/mol. The molecule has 1 amide bonds. The van der Waals surface area contributed by atoms with Crippen LogP contribution < -0.4 is 0 Å². The summed E-state index contributed by atoms with van der Waals surface area (Å²) in [5.74, 6) is -0.917. The Bertz CT molecular complexity index is 588. The van der Waals surface area contributed by atoms with Gasteiger partial charge in [-0.25, -0.2) is 0 Å². The maximum Gasteiger partial charge on any atom is 0.306 e. The minimum Gasteiger partial charge on any atom is -0.481 e. The van der Waals surface area contributed by atoms with Gasteiger partial charge in [0.2, 0.25) is 5.91 Å². The molecule has 0 aliphatic carbocycles. The molecule has 2 heterocycles. The normalized spacial score (nSPS) is 24.1. The zero-order chi connectivity index (χ0) is 16.2. The number of carbonyl (C=O) groups excluding carboxylic acids is 1. The second-order valence-corrected chi connectivity index (χ2v) is 5.94. The van der Waals surface area contributed by atoms with Crippen molar-refractivity contribution in [3.05, 3.63) is 35.4 Å². The van der Waals surface area contributed by atoms with Gasteiger partial charge in [0, 0.05) is 13.1 Å². The minimum atomic E-state index is -0.908. The third kappa shape index (κ3) is 3.89. The monoisotopic (exact) mass is 319 g/mol. The van der Waals surface area contributed by atoms with Gasteiger partial charge in [0.05, 0.1) is 38.3 Å². The van der Waals surface area contributed by atoms with E-state index in [2.05, 4.69) is 6.07 Å². The minimum absolute atomic E-state index is 0.00890. The number of hydrogen-bond donors (Lipinski definition) is 1. The molecule has 2 atom stereocenters. The lowest BCUT2D eigenvalue weighted by Gasteiger charge is -2.34. The summed E-state index contributed by atoms with van der Waals surface area (Å²) >= 11 is 0. The van der Waals surface area contributed by atoms with E-state index in [1.165, 1.54) is 5.56 Å². The largest absolute Gasteiger partial charge is 0.481 e. The molecule has 0 aromatic heterocycles. The molecule has 0 unspecified atom stereocenters. The third-order valence-corrected chi connectivity index (χ3v) is 4.35. The van der Waals surface area contributed by atoms with E-state index in [0.717, 1.165) is 12.0 Å². The summed E-state index contributed by atoms with van der Waals surface area (Å²) < 4.78 is 11.2. The molecule has 3 rings (SSSR count). The van der Waals surface area contributed by atoms with Crippen molar-refractivity contribution >= 4 is 11.9 Å². The topological polar surface area (TPSA) is 76.1 Å². The number of amides is 1. The number of ether oxygens (including phenoxy) is 2. The molecule has 1 saturated heterocycles. The van der Waals surface area contributed by atoms with E-state index < -0.39 is 12.1 Å². The second-order valence-electron chi connectivity index (χ2n) is 5.94. The lowest BCUT2D eigenvalue weighted by atomic mass is 9.95. The number of nitrogens with zero attached hydrogens (tertiary/aromatic N) is 1. The van der Waals surface area contributed by atoms with E-state index in [1.807, 2.05) is 18.2 Å². The van der Waals surface area contributed by atoms with Crippen molar-refractivity contribution in [1.29, 1.82) is 0 Å². The van der Waals surface area contributed by atoms with Crippen molar-refractivity contribution in [3.63, 3.8) is 0 Å². The number of carboxylic acid groups (broad SMARTS) is 1. The summed E-state index contributed by atoms with van der Waals surface area (Å²) in [5.41, 5.74) is 2.32. The highest BCUT2D eigenvalue weighted by molar-refractivity contribution is 5.77. The zero-order valence-corrected chi connectivity index (χ0v) is 12.9. The maximum atomic E-state index is 12.6. The standard InChI is InChI=1S/C17H21NO5/c19-16(18-6-8-22-13(11-18)9-17(20)21)10-15-14-4-2-1-3-12(14)5-7-23-15/h1-4,13,15H,5-11H2,(H,20,21)/t13-,15+/m1/s1. The van der Waals surface area contributed by atoms with Gasteiger partial charge in [0.25, 0.3) is 0 Å². The summed E-state index contributed by atoms with van der Waals surface area (Å²) in [6, 6.07) is 8.05. The smallest absolute Gasteiger partial charge is 0.306 e.